The van der Waals surface area contributed by atoms with Gasteiger partial charge >= 0.3 is 5.97 Å². The van der Waals surface area contributed by atoms with Crippen molar-refractivity contribution in [2.75, 3.05) is 13.6 Å². The molecule has 0 radical (unpaired) electrons. The van der Waals surface area contributed by atoms with Crippen LogP contribution in [0, 0.1) is 0 Å². The summed E-state index contributed by atoms with van der Waals surface area (Å²) < 4.78 is 0. The number of carboxylic acids is 1. The molecule has 0 saturated carbocycles. The van der Waals surface area contributed by atoms with Crippen LogP contribution in [0.4, 0.5) is 0 Å². The molecule has 0 aliphatic heterocycles. The second-order valence-electron chi connectivity index (χ2n) is 4.21. The Balaban J connectivity index is 4.58. The Morgan fingerprint density at radius 3 is 2.36 bits per heavy atom. The topological polar surface area (TPSA) is 66.6 Å². The van der Waals surface area contributed by atoms with E-state index in [1.807, 2.05) is 25.8 Å². The van der Waals surface area contributed by atoms with Gasteiger partial charge in [0.1, 0.15) is 6.04 Å². The number of rotatable bonds is 6. The fourth-order valence-corrected chi connectivity index (χ4v) is 1.31. The molecule has 0 aromatic carbocycles. The van der Waals surface area contributed by atoms with Gasteiger partial charge in [0.25, 0.3) is 0 Å². The zero-order valence-electron chi connectivity index (χ0n) is 9.58. The van der Waals surface area contributed by atoms with Crippen LogP contribution < -0.4 is 5.73 Å². The minimum Gasteiger partial charge on any atom is -0.480 e. The lowest BCUT2D eigenvalue weighted by Gasteiger charge is -2.38. The molecule has 4 heteroatoms. The zero-order chi connectivity index (χ0) is 11.4. The first kappa shape index (κ1) is 13.4. The van der Waals surface area contributed by atoms with Crippen LogP contribution in [0.15, 0.2) is 0 Å². The molecule has 1 atom stereocenters. The summed E-state index contributed by atoms with van der Waals surface area (Å²) in [5.41, 5.74) is 5.30. The van der Waals surface area contributed by atoms with Crippen molar-refractivity contribution in [3.8, 4) is 0 Å². The highest BCUT2D eigenvalue weighted by atomic mass is 16.4. The number of likely N-dealkylation sites (N-methyl/N-ethyl adjacent to an activating group) is 1. The van der Waals surface area contributed by atoms with Crippen LogP contribution in [0.5, 0.6) is 0 Å². The third kappa shape index (κ3) is 3.27. The summed E-state index contributed by atoms with van der Waals surface area (Å²) in [7, 11) is 1.85. The summed E-state index contributed by atoms with van der Waals surface area (Å²) >= 11 is 0. The third-order valence-corrected chi connectivity index (χ3v) is 3.01. The van der Waals surface area contributed by atoms with Crippen LogP contribution in [-0.2, 0) is 4.79 Å². The molecule has 4 nitrogen and oxygen atoms in total. The molecule has 0 aromatic heterocycles. The second-order valence-corrected chi connectivity index (χ2v) is 4.21. The molecule has 0 bridgehead atoms. The Hall–Kier alpha value is -0.610. The molecule has 3 N–H and O–H groups in total. The Morgan fingerprint density at radius 1 is 1.57 bits per heavy atom. The molecule has 0 amide bonds. The molecule has 14 heavy (non-hydrogen) atoms. The van der Waals surface area contributed by atoms with Gasteiger partial charge in [0, 0.05) is 5.54 Å². The van der Waals surface area contributed by atoms with Gasteiger partial charge in [-0.15, -0.1) is 0 Å². The molecule has 0 aliphatic rings. The van der Waals surface area contributed by atoms with Crippen LogP contribution in [0.2, 0.25) is 0 Å². The summed E-state index contributed by atoms with van der Waals surface area (Å²) in [5.74, 6) is -0.792. The van der Waals surface area contributed by atoms with E-state index in [0.29, 0.717) is 13.0 Å². The van der Waals surface area contributed by atoms with Crippen molar-refractivity contribution in [1.29, 1.82) is 0 Å². The number of carbonyl (C=O) groups is 1. The lowest BCUT2D eigenvalue weighted by atomic mass is 9.97. The van der Waals surface area contributed by atoms with Crippen LogP contribution in [0.1, 0.15) is 33.6 Å². The van der Waals surface area contributed by atoms with Crippen molar-refractivity contribution in [3.63, 3.8) is 0 Å². The summed E-state index contributed by atoms with van der Waals surface area (Å²) in [4.78, 5) is 12.9. The van der Waals surface area contributed by atoms with E-state index in [0.717, 1.165) is 6.42 Å². The molecular weight excluding hydrogens is 180 g/mol. The zero-order valence-corrected chi connectivity index (χ0v) is 9.58. The molecule has 84 valence electrons. The lowest BCUT2D eigenvalue weighted by Crippen LogP contribution is -2.51. The van der Waals surface area contributed by atoms with Gasteiger partial charge < -0.3 is 10.8 Å². The minimum absolute atomic E-state index is 0.0990. The van der Waals surface area contributed by atoms with Crippen molar-refractivity contribution >= 4 is 5.97 Å². The van der Waals surface area contributed by atoms with E-state index in [4.69, 9.17) is 10.8 Å². The van der Waals surface area contributed by atoms with E-state index in [1.54, 1.807) is 0 Å². The van der Waals surface area contributed by atoms with Gasteiger partial charge in [-0.25, -0.2) is 0 Å². The number of aliphatic carboxylic acids is 1. The Morgan fingerprint density at radius 2 is 2.07 bits per heavy atom. The maximum Gasteiger partial charge on any atom is 0.320 e. The van der Waals surface area contributed by atoms with Crippen LogP contribution in [-0.4, -0.2) is 41.1 Å². The number of nitrogens with two attached hydrogens (primary N) is 1. The number of nitrogens with zero attached hydrogens (tertiary/aromatic N) is 1. The van der Waals surface area contributed by atoms with Crippen molar-refractivity contribution < 1.29 is 9.90 Å². The summed E-state index contributed by atoms with van der Waals surface area (Å²) in [6, 6.07) is -0.477. The maximum atomic E-state index is 11.0. The highest BCUT2D eigenvalue weighted by Crippen LogP contribution is 2.20. The van der Waals surface area contributed by atoms with Crippen LogP contribution in [0.25, 0.3) is 0 Å². The molecule has 0 aliphatic carbocycles. The Bertz CT molecular complexity index is 193. The number of carboxylic acid groups (broad SMARTS) is 1. The normalized spacial score (nSPS) is 14.4. The second kappa shape index (κ2) is 5.32. The summed E-state index contributed by atoms with van der Waals surface area (Å²) in [5, 5.41) is 9.04. The highest BCUT2D eigenvalue weighted by molar-refractivity contribution is 5.73. The van der Waals surface area contributed by atoms with Gasteiger partial charge in [0.05, 0.1) is 0 Å². The van der Waals surface area contributed by atoms with E-state index in [-0.39, 0.29) is 5.54 Å². The summed E-state index contributed by atoms with van der Waals surface area (Å²) in [6.45, 7) is 6.54. The van der Waals surface area contributed by atoms with E-state index >= 15 is 0 Å². The average molecular weight is 202 g/mol. The SMILES string of the molecule is CCC(C)(C)N(C)C(CCN)C(=O)O. The molecule has 0 saturated heterocycles. The van der Waals surface area contributed by atoms with E-state index in [1.165, 1.54) is 0 Å². The largest absolute Gasteiger partial charge is 0.480 e. The molecular formula is C10H22N2O2. The first-order valence-electron chi connectivity index (χ1n) is 5.02. The first-order valence-corrected chi connectivity index (χ1v) is 5.02. The first-order chi connectivity index (χ1) is 6.36. The van der Waals surface area contributed by atoms with Gasteiger partial charge in [-0.1, -0.05) is 6.92 Å². The van der Waals surface area contributed by atoms with Gasteiger partial charge in [-0.05, 0) is 40.3 Å². The summed E-state index contributed by atoms with van der Waals surface area (Å²) in [6.07, 6.45) is 1.41. The van der Waals surface area contributed by atoms with Gasteiger partial charge in [-0.2, -0.15) is 0 Å². The molecule has 0 fully saturated rings. The van der Waals surface area contributed by atoms with Crippen LogP contribution in [0.3, 0.4) is 0 Å². The van der Waals surface area contributed by atoms with Gasteiger partial charge in [-0.3, -0.25) is 9.69 Å². The molecule has 0 spiro atoms. The van der Waals surface area contributed by atoms with Gasteiger partial charge in [0.15, 0.2) is 0 Å². The minimum atomic E-state index is -0.792. The van der Waals surface area contributed by atoms with Crippen molar-refractivity contribution in [2.24, 2.45) is 5.73 Å². The predicted molar refractivity (Wildman–Crippen MR) is 57.2 cm³/mol. The fraction of sp³-hybridized carbons (Fsp3) is 0.900. The highest BCUT2D eigenvalue weighted by Gasteiger charge is 2.31. The lowest BCUT2D eigenvalue weighted by molar-refractivity contribution is -0.145. The monoisotopic (exact) mass is 202 g/mol. The van der Waals surface area contributed by atoms with Gasteiger partial charge in [0.2, 0.25) is 0 Å². The van der Waals surface area contributed by atoms with Crippen molar-refractivity contribution in [3.05, 3.63) is 0 Å². The van der Waals surface area contributed by atoms with E-state index < -0.39 is 12.0 Å². The number of hydrogen-bond donors (Lipinski definition) is 2. The molecule has 0 heterocycles. The molecule has 0 rings (SSSR count). The maximum absolute atomic E-state index is 11.0. The molecule has 1 unspecified atom stereocenters. The fourth-order valence-electron chi connectivity index (χ4n) is 1.31. The van der Waals surface area contributed by atoms with E-state index in [9.17, 15) is 4.79 Å². The quantitative estimate of drug-likeness (QED) is 0.672. The van der Waals surface area contributed by atoms with E-state index in [2.05, 4.69) is 6.92 Å². The smallest absolute Gasteiger partial charge is 0.320 e. The third-order valence-electron chi connectivity index (χ3n) is 3.01. The number of hydrogen-bond acceptors (Lipinski definition) is 3. The molecule has 0 aromatic rings. The predicted octanol–water partition coefficient (Wildman–Crippen LogP) is 0.909. The van der Waals surface area contributed by atoms with Crippen molar-refractivity contribution in [1.82, 2.24) is 4.90 Å². The van der Waals surface area contributed by atoms with Crippen LogP contribution >= 0.6 is 0 Å². The van der Waals surface area contributed by atoms with Crippen molar-refractivity contribution in [2.45, 2.75) is 45.2 Å². The Labute approximate surface area is 86.1 Å². The average Bonchev–Trinajstić information content (AvgIpc) is 2.12. The Kier molecular flexibility index (Phi) is 5.08. The standard InChI is InChI=1S/C10H22N2O2/c1-5-10(2,3)12(4)8(6-7-11)9(13)14/h8H,5-7,11H2,1-4H3,(H,13,14).